The van der Waals surface area contributed by atoms with Gasteiger partial charge in [-0.15, -0.1) is 0 Å². The molecule has 3 rings (SSSR count). The molecule has 0 amide bonds. The van der Waals surface area contributed by atoms with Crippen molar-refractivity contribution >= 4 is 10.9 Å². The second-order valence-corrected chi connectivity index (χ2v) is 6.26. The van der Waals surface area contributed by atoms with Gasteiger partial charge in [0.25, 0.3) is 0 Å². The fraction of sp³-hybridized carbons (Fsp3) is 0.471. The Labute approximate surface area is 131 Å². The van der Waals surface area contributed by atoms with Crippen molar-refractivity contribution < 1.29 is 5.11 Å². The normalized spacial score (nSPS) is 16.3. The molecule has 0 unspecified atom stereocenters. The molecule has 0 spiro atoms. The summed E-state index contributed by atoms with van der Waals surface area (Å²) in [5.41, 5.74) is 8.06. The van der Waals surface area contributed by atoms with Crippen molar-refractivity contribution in [3.63, 3.8) is 0 Å². The minimum Gasteiger partial charge on any atom is -0.505 e. The lowest BCUT2D eigenvalue weighted by molar-refractivity contribution is 0.249. The van der Waals surface area contributed by atoms with Crippen LogP contribution in [-0.2, 0) is 6.54 Å². The molecule has 1 aliphatic rings. The van der Waals surface area contributed by atoms with E-state index in [-0.39, 0.29) is 5.66 Å². The summed E-state index contributed by atoms with van der Waals surface area (Å²) < 4.78 is 0. The standard InChI is InChI=1S/C17H24N4O/c1-3-10-21(11-8-17(2)19-20-17)12-14-7-6-13-5-4-9-18-15(13)16(14)22/h4-7,9,19-20,22H,3,8,10-12H2,1-2H3. The minimum atomic E-state index is 0.0823. The van der Waals surface area contributed by atoms with Gasteiger partial charge in [-0.1, -0.05) is 25.1 Å². The maximum atomic E-state index is 10.5. The Balaban J connectivity index is 1.75. The molecular formula is C17H24N4O. The second-order valence-electron chi connectivity index (χ2n) is 6.26. The Morgan fingerprint density at radius 2 is 2.05 bits per heavy atom. The van der Waals surface area contributed by atoms with E-state index in [0.717, 1.165) is 43.4 Å². The zero-order valence-electron chi connectivity index (χ0n) is 13.3. The number of nitrogens with zero attached hydrogens (tertiary/aromatic N) is 2. The van der Waals surface area contributed by atoms with E-state index >= 15 is 0 Å². The Bertz CT molecular complexity index is 654. The summed E-state index contributed by atoms with van der Waals surface area (Å²) in [6.07, 6.45) is 3.87. The average molecular weight is 300 g/mol. The summed E-state index contributed by atoms with van der Waals surface area (Å²) in [5, 5.41) is 11.5. The number of phenolic OH excluding ortho intramolecular Hbond substituents is 1. The molecule has 1 aromatic heterocycles. The highest BCUT2D eigenvalue weighted by molar-refractivity contribution is 5.85. The van der Waals surface area contributed by atoms with Crippen LogP contribution < -0.4 is 10.9 Å². The summed E-state index contributed by atoms with van der Waals surface area (Å²) in [6, 6.07) is 7.91. The van der Waals surface area contributed by atoms with Crippen LogP contribution in [0.2, 0.25) is 0 Å². The summed E-state index contributed by atoms with van der Waals surface area (Å²) in [4.78, 5) is 6.69. The first-order chi connectivity index (χ1) is 10.6. The number of aromatic hydroxyl groups is 1. The van der Waals surface area contributed by atoms with E-state index in [1.165, 1.54) is 0 Å². The lowest BCUT2D eigenvalue weighted by Crippen LogP contribution is -2.29. The molecule has 5 heteroatoms. The highest BCUT2D eigenvalue weighted by Crippen LogP contribution is 2.28. The zero-order valence-corrected chi connectivity index (χ0v) is 13.3. The summed E-state index contributed by atoms with van der Waals surface area (Å²) in [6.45, 7) is 7.11. The number of aromatic nitrogens is 1. The first kappa shape index (κ1) is 15.2. The maximum Gasteiger partial charge on any atom is 0.146 e. The highest BCUT2D eigenvalue weighted by atomic mass is 16.3. The molecule has 1 saturated heterocycles. The van der Waals surface area contributed by atoms with Gasteiger partial charge < -0.3 is 5.11 Å². The fourth-order valence-electron chi connectivity index (χ4n) is 2.74. The molecule has 2 aromatic rings. The molecule has 1 aromatic carbocycles. The number of nitrogens with one attached hydrogen (secondary N) is 2. The van der Waals surface area contributed by atoms with E-state index in [4.69, 9.17) is 0 Å². The predicted octanol–water partition coefficient (Wildman–Crippen LogP) is 2.37. The van der Waals surface area contributed by atoms with Crippen molar-refractivity contribution in [1.29, 1.82) is 0 Å². The SMILES string of the molecule is CCCN(CCC1(C)NN1)Cc1ccc2cccnc2c1O. The quantitative estimate of drug-likeness (QED) is 0.684. The smallest absolute Gasteiger partial charge is 0.146 e. The van der Waals surface area contributed by atoms with Gasteiger partial charge in [0.1, 0.15) is 11.3 Å². The van der Waals surface area contributed by atoms with E-state index in [0.29, 0.717) is 11.3 Å². The topological polar surface area (TPSA) is 80.2 Å². The zero-order chi connectivity index (χ0) is 15.6. The van der Waals surface area contributed by atoms with E-state index in [1.807, 2.05) is 24.3 Å². The van der Waals surface area contributed by atoms with Gasteiger partial charge >= 0.3 is 0 Å². The van der Waals surface area contributed by atoms with Crippen molar-refractivity contribution in [2.75, 3.05) is 13.1 Å². The lowest BCUT2D eigenvalue weighted by Gasteiger charge is -2.23. The molecular weight excluding hydrogens is 276 g/mol. The number of benzene rings is 1. The van der Waals surface area contributed by atoms with Crippen molar-refractivity contribution in [1.82, 2.24) is 20.7 Å². The molecule has 1 aliphatic heterocycles. The number of phenols is 1. The Morgan fingerprint density at radius 1 is 1.23 bits per heavy atom. The molecule has 2 heterocycles. The van der Waals surface area contributed by atoms with Crippen LogP contribution in [0.5, 0.6) is 5.75 Å². The molecule has 0 aliphatic carbocycles. The maximum absolute atomic E-state index is 10.5. The van der Waals surface area contributed by atoms with Gasteiger partial charge in [-0.25, -0.2) is 10.9 Å². The molecule has 3 N–H and O–H groups in total. The molecule has 5 nitrogen and oxygen atoms in total. The van der Waals surface area contributed by atoms with Crippen LogP contribution in [0.1, 0.15) is 32.3 Å². The molecule has 0 radical (unpaired) electrons. The van der Waals surface area contributed by atoms with Gasteiger partial charge in [0.05, 0.1) is 5.66 Å². The molecule has 118 valence electrons. The Hall–Kier alpha value is -1.69. The number of rotatable bonds is 7. The Morgan fingerprint density at radius 3 is 2.77 bits per heavy atom. The fourth-order valence-corrected chi connectivity index (χ4v) is 2.74. The number of pyridine rings is 1. The van der Waals surface area contributed by atoms with E-state index in [1.54, 1.807) is 6.20 Å². The van der Waals surface area contributed by atoms with Gasteiger partial charge in [0.2, 0.25) is 0 Å². The average Bonchev–Trinajstić information content (AvgIpc) is 3.26. The largest absolute Gasteiger partial charge is 0.505 e. The number of hydrogen-bond donors (Lipinski definition) is 3. The van der Waals surface area contributed by atoms with Crippen molar-refractivity contribution in [3.8, 4) is 5.75 Å². The van der Waals surface area contributed by atoms with E-state index in [2.05, 4.69) is 34.6 Å². The van der Waals surface area contributed by atoms with Crippen LogP contribution in [0.3, 0.4) is 0 Å². The van der Waals surface area contributed by atoms with Crippen LogP contribution >= 0.6 is 0 Å². The predicted molar refractivity (Wildman–Crippen MR) is 88.3 cm³/mol. The third kappa shape index (κ3) is 3.38. The minimum absolute atomic E-state index is 0.0823. The van der Waals surface area contributed by atoms with Gasteiger partial charge in [0, 0.05) is 30.2 Å². The third-order valence-electron chi connectivity index (χ3n) is 4.25. The van der Waals surface area contributed by atoms with Crippen LogP contribution in [0, 0.1) is 0 Å². The monoisotopic (exact) mass is 300 g/mol. The summed E-state index contributed by atoms with van der Waals surface area (Å²) in [5.74, 6) is 0.313. The summed E-state index contributed by atoms with van der Waals surface area (Å²) >= 11 is 0. The first-order valence-corrected chi connectivity index (χ1v) is 7.93. The van der Waals surface area contributed by atoms with Gasteiger partial charge in [-0.2, -0.15) is 0 Å². The van der Waals surface area contributed by atoms with Crippen molar-refractivity contribution in [3.05, 3.63) is 36.0 Å². The number of hydrogen-bond acceptors (Lipinski definition) is 5. The highest BCUT2D eigenvalue weighted by Gasteiger charge is 2.35. The summed E-state index contributed by atoms with van der Waals surface area (Å²) in [7, 11) is 0. The lowest BCUT2D eigenvalue weighted by atomic mass is 10.1. The second kappa shape index (κ2) is 6.20. The first-order valence-electron chi connectivity index (χ1n) is 7.93. The van der Waals surface area contributed by atoms with Crippen LogP contribution in [0.4, 0.5) is 0 Å². The van der Waals surface area contributed by atoms with Crippen LogP contribution in [-0.4, -0.2) is 33.7 Å². The van der Waals surface area contributed by atoms with Gasteiger partial charge in [-0.3, -0.25) is 9.88 Å². The van der Waals surface area contributed by atoms with Crippen LogP contribution in [0.15, 0.2) is 30.5 Å². The van der Waals surface area contributed by atoms with Gasteiger partial charge in [-0.05, 0) is 32.4 Å². The molecule has 1 fully saturated rings. The molecule has 22 heavy (non-hydrogen) atoms. The van der Waals surface area contributed by atoms with Crippen molar-refractivity contribution in [2.24, 2.45) is 0 Å². The van der Waals surface area contributed by atoms with E-state index < -0.39 is 0 Å². The van der Waals surface area contributed by atoms with Crippen molar-refractivity contribution in [2.45, 2.75) is 38.9 Å². The third-order valence-corrected chi connectivity index (χ3v) is 4.25. The number of hydrazine groups is 1. The number of fused-ring (bicyclic) bond motifs is 1. The van der Waals surface area contributed by atoms with Gasteiger partial charge in [0.15, 0.2) is 0 Å². The van der Waals surface area contributed by atoms with Crippen LogP contribution in [0.25, 0.3) is 10.9 Å². The molecule has 0 atom stereocenters. The Kier molecular flexibility index (Phi) is 4.29. The molecule has 0 saturated carbocycles. The van der Waals surface area contributed by atoms with E-state index in [9.17, 15) is 5.11 Å². The molecule has 0 bridgehead atoms.